The van der Waals surface area contributed by atoms with E-state index >= 15 is 0 Å². The SMILES string of the molecule is CNc1nnc(CSc2ccccc2F)s1. The molecule has 2 aromatic rings. The summed E-state index contributed by atoms with van der Waals surface area (Å²) >= 11 is 2.91. The lowest BCUT2D eigenvalue weighted by atomic mass is 10.3. The van der Waals surface area contributed by atoms with Gasteiger partial charge in [0, 0.05) is 11.9 Å². The van der Waals surface area contributed by atoms with Gasteiger partial charge in [-0.15, -0.1) is 22.0 Å². The summed E-state index contributed by atoms with van der Waals surface area (Å²) in [5.74, 6) is 0.450. The summed E-state index contributed by atoms with van der Waals surface area (Å²) < 4.78 is 13.3. The third-order valence-corrected chi connectivity index (χ3v) is 4.05. The van der Waals surface area contributed by atoms with E-state index in [1.165, 1.54) is 29.2 Å². The van der Waals surface area contributed by atoms with Crippen LogP contribution in [0.25, 0.3) is 0 Å². The Kier molecular flexibility index (Phi) is 3.74. The van der Waals surface area contributed by atoms with Crippen molar-refractivity contribution in [1.29, 1.82) is 0 Å². The molecule has 0 unspecified atom stereocenters. The Hall–Kier alpha value is -1.14. The largest absolute Gasteiger partial charge is 0.363 e. The van der Waals surface area contributed by atoms with Crippen LogP contribution in [-0.4, -0.2) is 17.2 Å². The molecule has 84 valence electrons. The van der Waals surface area contributed by atoms with Crippen LogP contribution in [0.1, 0.15) is 5.01 Å². The highest BCUT2D eigenvalue weighted by atomic mass is 32.2. The smallest absolute Gasteiger partial charge is 0.205 e. The van der Waals surface area contributed by atoms with Crippen molar-refractivity contribution in [3.05, 3.63) is 35.1 Å². The van der Waals surface area contributed by atoms with Gasteiger partial charge in [0.1, 0.15) is 10.8 Å². The maximum Gasteiger partial charge on any atom is 0.205 e. The molecule has 16 heavy (non-hydrogen) atoms. The highest BCUT2D eigenvalue weighted by molar-refractivity contribution is 7.98. The first-order valence-corrected chi connectivity index (χ1v) is 6.47. The molecule has 1 aromatic carbocycles. The third kappa shape index (κ3) is 2.70. The van der Waals surface area contributed by atoms with Crippen molar-refractivity contribution in [1.82, 2.24) is 10.2 Å². The highest BCUT2D eigenvalue weighted by Gasteiger charge is 2.05. The minimum atomic E-state index is -0.189. The quantitative estimate of drug-likeness (QED) is 0.852. The van der Waals surface area contributed by atoms with E-state index in [9.17, 15) is 4.39 Å². The summed E-state index contributed by atoms with van der Waals surface area (Å²) in [4.78, 5) is 0.642. The first kappa shape index (κ1) is 11.3. The van der Waals surface area contributed by atoms with Crippen LogP contribution in [0.2, 0.25) is 0 Å². The Morgan fingerprint density at radius 2 is 2.19 bits per heavy atom. The average molecular weight is 255 g/mol. The molecule has 0 radical (unpaired) electrons. The van der Waals surface area contributed by atoms with E-state index in [0.717, 1.165) is 10.1 Å². The zero-order chi connectivity index (χ0) is 11.4. The average Bonchev–Trinajstić information content (AvgIpc) is 2.76. The van der Waals surface area contributed by atoms with E-state index in [4.69, 9.17) is 0 Å². The van der Waals surface area contributed by atoms with Crippen LogP contribution in [0, 0.1) is 5.82 Å². The Balaban J connectivity index is 1.99. The van der Waals surface area contributed by atoms with Crippen molar-refractivity contribution < 1.29 is 4.39 Å². The summed E-state index contributed by atoms with van der Waals surface area (Å²) in [6, 6.07) is 6.73. The topological polar surface area (TPSA) is 37.8 Å². The van der Waals surface area contributed by atoms with E-state index in [-0.39, 0.29) is 5.82 Å². The molecule has 1 aromatic heterocycles. The number of nitrogens with zero attached hydrogens (tertiary/aromatic N) is 2. The fourth-order valence-corrected chi connectivity index (χ4v) is 2.73. The lowest BCUT2D eigenvalue weighted by molar-refractivity contribution is 0.602. The number of hydrogen-bond donors (Lipinski definition) is 1. The van der Waals surface area contributed by atoms with Crippen LogP contribution in [0.3, 0.4) is 0 Å². The zero-order valence-corrected chi connectivity index (χ0v) is 10.2. The molecule has 0 bridgehead atoms. The summed E-state index contributed by atoms with van der Waals surface area (Å²) in [5, 5.41) is 12.5. The third-order valence-electron chi connectivity index (χ3n) is 1.87. The molecule has 1 heterocycles. The second-order valence-corrected chi connectivity index (χ2v) is 5.05. The van der Waals surface area contributed by atoms with E-state index in [1.54, 1.807) is 19.2 Å². The molecule has 0 amide bonds. The Labute approximate surface area is 101 Å². The van der Waals surface area contributed by atoms with Crippen LogP contribution < -0.4 is 5.32 Å². The standard InChI is InChI=1S/C10H10FN3S2/c1-12-10-14-13-9(16-10)6-15-8-5-3-2-4-7(8)11/h2-5H,6H2,1H3,(H,12,14). The van der Waals surface area contributed by atoms with Crippen molar-refractivity contribution in [2.75, 3.05) is 12.4 Å². The molecular formula is C10H10FN3S2. The predicted molar refractivity (Wildman–Crippen MR) is 65.4 cm³/mol. The molecule has 6 heteroatoms. The van der Waals surface area contributed by atoms with Gasteiger partial charge in [-0.05, 0) is 12.1 Å². The Bertz CT molecular complexity index is 473. The second-order valence-electron chi connectivity index (χ2n) is 2.97. The summed E-state index contributed by atoms with van der Waals surface area (Å²) in [6.45, 7) is 0. The minimum Gasteiger partial charge on any atom is -0.363 e. The van der Waals surface area contributed by atoms with Crippen molar-refractivity contribution >= 4 is 28.2 Å². The number of nitrogens with one attached hydrogen (secondary N) is 1. The number of hydrogen-bond acceptors (Lipinski definition) is 5. The van der Waals surface area contributed by atoms with Gasteiger partial charge in [-0.3, -0.25) is 0 Å². The fourth-order valence-electron chi connectivity index (χ4n) is 1.11. The second kappa shape index (κ2) is 5.27. The Morgan fingerprint density at radius 3 is 2.88 bits per heavy atom. The van der Waals surface area contributed by atoms with Crippen molar-refractivity contribution in [2.24, 2.45) is 0 Å². The lowest BCUT2D eigenvalue weighted by Crippen LogP contribution is -1.84. The molecule has 0 fully saturated rings. The number of benzene rings is 1. The Morgan fingerprint density at radius 1 is 1.38 bits per heavy atom. The van der Waals surface area contributed by atoms with E-state index < -0.39 is 0 Å². The number of anilines is 1. The van der Waals surface area contributed by atoms with Gasteiger partial charge in [0.05, 0.1) is 5.75 Å². The maximum absolute atomic E-state index is 13.3. The van der Waals surface area contributed by atoms with Crippen molar-refractivity contribution in [3.63, 3.8) is 0 Å². The van der Waals surface area contributed by atoms with Gasteiger partial charge < -0.3 is 5.32 Å². The summed E-state index contributed by atoms with van der Waals surface area (Å²) in [6.07, 6.45) is 0. The van der Waals surface area contributed by atoms with E-state index in [2.05, 4.69) is 15.5 Å². The number of halogens is 1. The minimum absolute atomic E-state index is 0.189. The molecule has 0 saturated heterocycles. The highest BCUT2D eigenvalue weighted by Crippen LogP contribution is 2.27. The molecule has 0 aliphatic rings. The zero-order valence-electron chi connectivity index (χ0n) is 8.61. The summed E-state index contributed by atoms with van der Waals surface area (Å²) in [5.41, 5.74) is 0. The van der Waals surface area contributed by atoms with Gasteiger partial charge in [0.2, 0.25) is 5.13 Å². The molecule has 3 nitrogen and oxygen atoms in total. The van der Waals surface area contributed by atoms with Crippen LogP contribution in [0.4, 0.5) is 9.52 Å². The molecule has 0 spiro atoms. The number of rotatable bonds is 4. The molecular weight excluding hydrogens is 245 g/mol. The monoisotopic (exact) mass is 255 g/mol. The first-order chi connectivity index (χ1) is 7.79. The molecule has 1 N–H and O–H groups in total. The van der Waals surface area contributed by atoms with Gasteiger partial charge in [-0.2, -0.15) is 0 Å². The normalized spacial score (nSPS) is 10.4. The van der Waals surface area contributed by atoms with Gasteiger partial charge in [0.25, 0.3) is 0 Å². The van der Waals surface area contributed by atoms with Crippen molar-refractivity contribution in [3.8, 4) is 0 Å². The predicted octanol–water partition coefficient (Wildman–Crippen LogP) is 3.01. The molecule has 0 atom stereocenters. The molecule has 2 rings (SSSR count). The van der Waals surface area contributed by atoms with Crippen LogP contribution >= 0.6 is 23.1 Å². The van der Waals surface area contributed by atoms with Crippen LogP contribution in [0.5, 0.6) is 0 Å². The van der Waals surface area contributed by atoms with Crippen molar-refractivity contribution in [2.45, 2.75) is 10.6 Å². The lowest BCUT2D eigenvalue weighted by Gasteiger charge is -1.99. The van der Waals surface area contributed by atoms with E-state index in [0.29, 0.717) is 10.6 Å². The summed E-state index contributed by atoms with van der Waals surface area (Å²) in [7, 11) is 1.80. The number of aromatic nitrogens is 2. The van der Waals surface area contributed by atoms with Gasteiger partial charge in [0.15, 0.2) is 0 Å². The number of thioether (sulfide) groups is 1. The van der Waals surface area contributed by atoms with Gasteiger partial charge >= 0.3 is 0 Å². The van der Waals surface area contributed by atoms with E-state index in [1.807, 2.05) is 6.07 Å². The molecule has 0 aliphatic heterocycles. The maximum atomic E-state index is 13.3. The fraction of sp³-hybridized carbons (Fsp3) is 0.200. The molecule has 0 aliphatic carbocycles. The molecule has 0 saturated carbocycles. The van der Waals surface area contributed by atoms with Gasteiger partial charge in [-0.1, -0.05) is 23.5 Å². The first-order valence-electron chi connectivity index (χ1n) is 4.67. The van der Waals surface area contributed by atoms with Crippen LogP contribution in [0.15, 0.2) is 29.2 Å². The van der Waals surface area contributed by atoms with Crippen LogP contribution in [-0.2, 0) is 5.75 Å². The van der Waals surface area contributed by atoms with Gasteiger partial charge in [-0.25, -0.2) is 4.39 Å².